The fourth-order valence-electron chi connectivity index (χ4n) is 2.40. The van der Waals surface area contributed by atoms with Gasteiger partial charge in [-0.2, -0.15) is 0 Å². The second-order valence-corrected chi connectivity index (χ2v) is 4.04. The average Bonchev–Trinajstić information content (AvgIpc) is 2.96. The SMILES string of the molecule is NN1C=NC2c3ccccc3-n3cncc3N21. The molecule has 0 spiro atoms. The molecule has 0 fully saturated rings. The van der Waals surface area contributed by atoms with Crippen LogP contribution in [0, 0.1) is 0 Å². The summed E-state index contributed by atoms with van der Waals surface area (Å²) in [6.45, 7) is 0. The minimum absolute atomic E-state index is 0.0830. The Bertz CT molecular complexity index is 616. The van der Waals surface area contributed by atoms with Crippen LogP contribution in [-0.4, -0.2) is 21.0 Å². The third-order valence-corrected chi connectivity index (χ3v) is 3.13. The molecule has 1 unspecified atom stereocenters. The van der Waals surface area contributed by atoms with Crippen LogP contribution in [0.3, 0.4) is 0 Å². The molecule has 6 nitrogen and oxygen atoms in total. The summed E-state index contributed by atoms with van der Waals surface area (Å²) in [7, 11) is 0. The van der Waals surface area contributed by atoms with E-state index in [1.807, 2.05) is 21.7 Å². The van der Waals surface area contributed by atoms with Gasteiger partial charge in [-0.25, -0.2) is 25.9 Å². The van der Waals surface area contributed by atoms with Crippen LogP contribution in [0.1, 0.15) is 11.7 Å². The molecule has 1 aromatic heterocycles. The van der Waals surface area contributed by atoms with Gasteiger partial charge in [-0.15, -0.1) is 0 Å². The second-order valence-electron chi connectivity index (χ2n) is 4.04. The van der Waals surface area contributed by atoms with Crippen molar-refractivity contribution >= 4 is 12.2 Å². The second kappa shape index (κ2) is 2.86. The molecule has 0 radical (unpaired) electrons. The van der Waals surface area contributed by atoms with Crippen LogP contribution in [0.2, 0.25) is 0 Å². The third kappa shape index (κ3) is 0.974. The van der Waals surface area contributed by atoms with E-state index in [4.69, 9.17) is 5.84 Å². The monoisotopic (exact) mass is 226 g/mol. The van der Waals surface area contributed by atoms with Crippen LogP contribution >= 0.6 is 0 Å². The first-order chi connectivity index (χ1) is 8.36. The molecular weight excluding hydrogens is 216 g/mol. The highest BCUT2D eigenvalue weighted by Gasteiger charge is 2.36. The number of hydrogen-bond acceptors (Lipinski definition) is 5. The molecule has 6 heteroatoms. The topological polar surface area (TPSA) is 62.7 Å². The number of para-hydroxylation sites is 1. The van der Waals surface area contributed by atoms with Crippen LogP contribution in [-0.2, 0) is 0 Å². The maximum atomic E-state index is 5.89. The van der Waals surface area contributed by atoms with E-state index in [0.717, 1.165) is 17.1 Å². The lowest BCUT2D eigenvalue weighted by molar-refractivity contribution is 0.389. The zero-order chi connectivity index (χ0) is 11.4. The van der Waals surface area contributed by atoms with Crippen LogP contribution in [0.25, 0.3) is 5.69 Å². The Labute approximate surface area is 97.5 Å². The molecule has 0 bridgehead atoms. The molecule has 2 aliphatic rings. The van der Waals surface area contributed by atoms with E-state index in [0.29, 0.717) is 0 Å². The van der Waals surface area contributed by atoms with E-state index in [2.05, 4.69) is 22.1 Å². The highest BCUT2D eigenvalue weighted by Crippen LogP contribution is 2.40. The predicted molar refractivity (Wildman–Crippen MR) is 63.3 cm³/mol. The van der Waals surface area contributed by atoms with E-state index in [1.165, 1.54) is 5.12 Å². The van der Waals surface area contributed by atoms with Crippen molar-refractivity contribution in [2.75, 3.05) is 5.01 Å². The van der Waals surface area contributed by atoms with Crippen LogP contribution < -0.4 is 10.9 Å². The Morgan fingerprint density at radius 1 is 1.24 bits per heavy atom. The summed E-state index contributed by atoms with van der Waals surface area (Å²) in [4.78, 5) is 8.60. The van der Waals surface area contributed by atoms with Gasteiger partial charge in [0.05, 0.1) is 11.9 Å². The first kappa shape index (κ1) is 8.77. The van der Waals surface area contributed by atoms with Gasteiger partial charge in [-0.05, 0) is 6.07 Å². The molecule has 2 aliphatic heterocycles. The number of anilines is 1. The van der Waals surface area contributed by atoms with Gasteiger partial charge in [-0.3, -0.25) is 4.57 Å². The van der Waals surface area contributed by atoms with Gasteiger partial charge in [0.1, 0.15) is 12.7 Å². The molecule has 1 atom stereocenters. The van der Waals surface area contributed by atoms with Crippen LogP contribution in [0.4, 0.5) is 5.82 Å². The predicted octanol–water partition coefficient (Wildman–Crippen LogP) is 0.824. The van der Waals surface area contributed by atoms with Crippen molar-refractivity contribution in [3.8, 4) is 5.69 Å². The average molecular weight is 226 g/mol. The lowest BCUT2D eigenvalue weighted by Gasteiger charge is -2.35. The van der Waals surface area contributed by atoms with Crippen LogP contribution in [0.5, 0.6) is 0 Å². The first-order valence-electron chi connectivity index (χ1n) is 5.34. The van der Waals surface area contributed by atoms with Gasteiger partial charge in [0.25, 0.3) is 0 Å². The molecule has 0 aliphatic carbocycles. The first-order valence-corrected chi connectivity index (χ1v) is 5.34. The quantitative estimate of drug-likeness (QED) is 0.676. The van der Waals surface area contributed by atoms with Gasteiger partial charge >= 0.3 is 0 Å². The van der Waals surface area contributed by atoms with Crippen molar-refractivity contribution in [1.29, 1.82) is 0 Å². The number of aromatic nitrogens is 2. The molecule has 1 aromatic carbocycles. The number of benzene rings is 1. The van der Waals surface area contributed by atoms with Crippen molar-refractivity contribution in [2.45, 2.75) is 6.17 Å². The molecule has 84 valence electrons. The number of hydrazine groups is 2. The number of hydrogen-bond donors (Lipinski definition) is 1. The Morgan fingerprint density at radius 2 is 2.12 bits per heavy atom. The summed E-state index contributed by atoms with van der Waals surface area (Å²) in [6, 6.07) is 8.14. The summed E-state index contributed by atoms with van der Waals surface area (Å²) in [5.74, 6) is 6.81. The summed E-state index contributed by atoms with van der Waals surface area (Å²) >= 11 is 0. The maximum Gasteiger partial charge on any atom is 0.172 e. The molecule has 2 N–H and O–H groups in total. The molecule has 0 saturated carbocycles. The Morgan fingerprint density at radius 3 is 3.06 bits per heavy atom. The maximum absolute atomic E-state index is 5.89. The molecule has 0 saturated heterocycles. The number of imidazole rings is 1. The number of rotatable bonds is 0. The van der Waals surface area contributed by atoms with Crippen molar-refractivity contribution < 1.29 is 0 Å². The third-order valence-electron chi connectivity index (χ3n) is 3.13. The van der Waals surface area contributed by atoms with E-state index in [9.17, 15) is 0 Å². The highest BCUT2D eigenvalue weighted by atomic mass is 15.8. The summed E-state index contributed by atoms with van der Waals surface area (Å²) < 4.78 is 2.01. The van der Waals surface area contributed by atoms with Crippen molar-refractivity contribution in [1.82, 2.24) is 14.7 Å². The molecule has 4 rings (SSSR count). The molecular formula is C11H10N6. The normalized spacial score (nSPS) is 20.2. The highest BCUT2D eigenvalue weighted by molar-refractivity contribution is 5.68. The smallest absolute Gasteiger partial charge is 0.172 e. The number of nitrogens with two attached hydrogens (primary N) is 1. The lowest BCUT2D eigenvalue weighted by atomic mass is 10.1. The van der Waals surface area contributed by atoms with Gasteiger partial charge in [0.2, 0.25) is 0 Å². The minimum atomic E-state index is -0.0830. The van der Waals surface area contributed by atoms with E-state index >= 15 is 0 Å². The summed E-state index contributed by atoms with van der Waals surface area (Å²) in [5.41, 5.74) is 2.23. The zero-order valence-electron chi connectivity index (χ0n) is 8.93. The van der Waals surface area contributed by atoms with Crippen molar-refractivity contribution in [2.24, 2.45) is 10.8 Å². The zero-order valence-corrected chi connectivity index (χ0v) is 8.93. The molecule has 0 amide bonds. The van der Waals surface area contributed by atoms with E-state index in [1.54, 1.807) is 18.9 Å². The van der Waals surface area contributed by atoms with E-state index in [-0.39, 0.29) is 6.17 Å². The largest absolute Gasteiger partial charge is 0.284 e. The van der Waals surface area contributed by atoms with Gasteiger partial charge in [-0.1, -0.05) is 18.2 Å². The Balaban J connectivity index is 2.04. The van der Waals surface area contributed by atoms with Gasteiger partial charge < -0.3 is 0 Å². The van der Waals surface area contributed by atoms with Gasteiger partial charge in [0, 0.05) is 5.56 Å². The van der Waals surface area contributed by atoms with Crippen LogP contribution in [0.15, 0.2) is 41.8 Å². The molecule has 2 aromatic rings. The summed E-state index contributed by atoms with van der Waals surface area (Å²) in [5, 5.41) is 3.41. The van der Waals surface area contributed by atoms with Crippen molar-refractivity contribution in [3.63, 3.8) is 0 Å². The Kier molecular flexibility index (Phi) is 1.48. The molecule has 17 heavy (non-hydrogen) atoms. The number of nitrogens with zero attached hydrogens (tertiary/aromatic N) is 5. The fourth-order valence-corrected chi connectivity index (χ4v) is 2.40. The van der Waals surface area contributed by atoms with Crippen molar-refractivity contribution in [3.05, 3.63) is 42.4 Å². The van der Waals surface area contributed by atoms with E-state index < -0.39 is 0 Å². The number of fused-ring (bicyclic) bond motifs is 6. The fraction of sp³-hybridized carbons (Fsp3) is 0.0909. The number of aliphatic imine (C=N–C) groups is 1. The summed E-state index contributed by atoms with van der Waals surface area (Å²) in [6.07, 6.45) is 5.12. The Hall–Kier alpha value is -2.34. The molecule has 3 heterocycles. The lowest BCUT2D eigenvalue weighted by Crippen LogP contribution is -2.46. The van der Waals surface area contributed by atoms with Gasteiger partial charge in [0.15, 0.2) is 12.0 Å². The minimum Gasteiger partial charge on any atom is -0.284 e. The standard InChI is InChI=1S/C11H10N6/c12-16-7-14-11-8-3-1-2-4-9(8)15-6-13-5-10(15)17(11)16/h1-7,11H,12H2.